The first kappa shape index (κ1) is 8.78. The van der Waals surface area contributed by atoms with Crippen molar-refractivity contribution < 1.29 is 3.07 Å². The average molecular weight is 254 g/mol. The molecule has 0 aromatic heterocycles. The standard InChI is InChI=1S/C8H15IO/c1-2-7-3-5-8(10-9)6-4-7/h7-8H,2-6H2,1H3. The van der Waals surface area contributed by atoms with E-state index in [0.717, 1.165) is 5.92 Å². The molecule has 0 aliphatic heterocycles. The summed E-state index contributed by atoms with van der Waals surface area (Å²) in [6.07, 6.45) is 7.23. The Balaban J connectivity index is 2.17. The summed E-state index contributed by atoms with van der Waals surface area (Å²) in [6, 6.07) is 0. The van der Waals surface area contributed by atoms with Crippen LogP contribution in [0.5, 0.6) is 0 Å². The van der Waals surface area contributed by atoms with E-state index >= 15 is 0 Å². The van der Waals surface area contributed by atoms with Gasteiger partial charge in [0.25, 0.3) is 0 Å². The second kappa shape index (κ2) is 4.54. The molecule has 2 heteroatoms. The van der Waals surface area contributed by atoms with Crippen LogP contribution in [0.4, 0.5) is 0 Å². The molecule has 1 saturated carbocycles. The third kappa shape index (κ3) is 2.38. The van der Waals surface area contributed by atoms with Crippen LogP contribution in [0.1, 0.15) is 39.0 Å². The molecule has 0 saturated heterocycles. The van der Waals surface area contributed by atoms with Crippen LogP contribution in [-0.2, 0) is 3.07 Å². The van der Waals surface area contributed by atoms with Gasteiger partial charge >= 0.3 is 0 Å². The highest BCUT2D eigenvalue weighted by atomic mass is 127. The maximum absolute atomic E-state index is 5.25. The first-order chi connectivity index (χ1) is 4.86. The Bertz CT molecular complexity index is 75.3. The van der Waals surface area contributed by atoms with Gasteiger partial charge in [0.2, 0.25) is 0 Å². The highest BCUT2D eigenvalue weighted by Gasteiger charge is 2.19. The molecule has 60 valence electrons. The lowest BCUT2D eigenvalue weighted by Gasteiger charge is -2.25. The Labute approximate surface area is 77.2 Å². The third-order valence-corrected chi connectivity index (χ3v) is 3.22. The molecule has 0 amide bonds. The van der Waals surface area contributed by atoms with Gasteiger partial charge in [-0.05, 0) is 31.6 Å². The molecule has 0 unspecified atom stereocenters. The van der Waals surface area contributed by atoms with Gasteiger partial charge in [0.05, 0.1) is 6.10 Å². The molecular weight excluding hydrogens is 239 g/mol. The summed E-state index contributed by atoms with van der Waals surface area (Å²) in [5, 5.41) is 0. The monoisotopic (exact) mass is 254 g/mol. The van der Waals surface area contributed by atoms with E-state index in [4.69, 9.17) is 3.07 Å². The van der Waals surface area contributed by atoms with Crippen molar-refractivity contribution in [1.82, 2.24) is 0 Å². The molecule has 1 aliphatic carbocycles. The maximum atomic E-state index is 5.25. The molecule has 10 heavy (non-hydrogen) atoms. The van der Waals surface area contributed by atoms with Crippen molar-refractivity contribution in [3.63, 3.8) is 0 Å². The summed E-state index contributed by atoms with van der Waals surface area (Å²) >= 11 is 2.03. The Morgan fingerprint density at radius 2 is 1.90 bits per heavy atom. The smallest absolute Gasteiger partial charge is 0.110 e. The molecule has 1 nitrogen and oxygen atoms in total. The van der Waals surface area contributed by atoms with Crippen LogP contribution in [0.2, 0.25) is 0 Å². The Kier molecular flexibility index (Phi) is 3.99. The fraction of sp³-hybridized carbons (Fsp3) is 1.00. The van der Waals surface area contributed by atoms with Crippen molar-refractivity contribution >= 4 is 23.0 Å². The highest BCUT2D eigenvalue weighted by Crippen LogP contribution is 2.28. The summed E-state index contributed by atoms with van der Waals surface area (Å²) in [5.74, 6) is 0.989. The molecule has 0 radical (unpaired) electrons. The molecule has 0 spiro atoms. The van der Waals surface area contributed by atoms with Gasteiger partial charge in [0.15, 0.2) is 0 Å². The largest absolute Gasteiger partial charge is 0.312 e. The fourth-order valence-corrected chi connectivity index (χ4v) is 2.14. The molecule has 1 aliphatic rings. The van der Waals surface area contributed by atoms with E-state index in [9.17, 15) is 0 Å². The quantitative estimate of drug-likeness (QED) is 0.687. The topological polar surface area (TPSA) is 9.23 Å². The molecule has 0 bridgehead atoms. The molecule has 0 aromatic carbocycles. The SMILES string of the molecule is CCC1CCC(OI)CC1. The zero-order valence-corrected chi connectivity index (χ0v) is 8.63. The van der Waals surface area contributed by atoms with Crippen molar-refractivity contribution in [3.05, 3.63) is 0 Å². The maximum Gasteiger partial charge on any atom is 0.110 e. The van der Waals surface area contributed by atoms with Crippen LogP contribution in [0, 0.1) is 5.92 Å². The number of halogens is 1. The van der Waals surface area contributed by atoms with E-state index in [1.165, 1.54) is 32.1 Å². The van der Waals surface area contributed by atoms with E-state index in [1.54, 1.807) is 0 Å². The molecule has 0 N–H and O–H groups in total. The first-order valence-corrected chi connectivity index (χ1v) is 5.02. The van der Waals surface area contributed by atoms with Gasteiger partial charge in [0, 0.05) is 0 Å². The average Bonchev–Trinajstić information content (AvgIpc) is 2.05. The second-order valence-electron chi connectivity index (χ2n) is 3.14. The molecule has 1 rings (SSSR count). The normalized spacial score (nSPS) is 34.2. The van der Waals surface area contributed by atoms with Gasteiger partial charge in [0.1, 0.15) is 23.0 Å². The minimum atomic E-state index is 0.559. The van der Waals surface area contributed by atoms with E-state index in [0.29, 0.717) is 6.10 Å². The van der Waals surface area contributed by atoms with E-state index in [-0.39, 0.29) is 0 Å². The molecule has 0 heterocycles. The Morgan fingerprint density at radius 3 is 2.30 bits per heavy atom. The lowest BCUT2D eigenvalue weighted by molar-refractivity contribution is 0.178. The lowest BCUT2D eigenvalue weighted by atomic mass is 9.86. The molecule has 0 aromatic rings. The van der Waals surface area contributed by atoms with E-state index in [2.05, 4.69) is 6.92 Å². The van der Waals surface area contributed by atoms with Crippen LogP contribution in [0.3, 0.4) is 0 Å². The first-order valence-electron chi connectivity index (χ1n) is 4.14. The van der Waals surface area contributed by atoms with Gasteiger partial charge < -0.3 is 3.07 Å². The Morgan fingerprint density at radius 1 is 1.30 bits per heavy atom. The van der Waals surface area contributed by atoms with Gasteiger partial charge in [-0.3, -0.25) is 0 Å². The van der Waals surface area contributed by atoms with Crippen molar-refractivity contribution in [2.75, 3.05) is 0 Å². The van der Waals surface area contributed by atoms with Gasteiger partial charge in [-0.15, -0.1) is 0 Å². The van der Waals surface area contributed by atoms with Gasteiger partial charge in [-0.2, -0.15) is 0 Å². The van der Waals surface area contributed by atoms with Crippen LogP contribution < -0.4 is 0 Å². The summed E-state index contributed by atoms with van der Waals surface area (Å²) < 4.78 is 5.25. The molecular formula is C8H15IO. The number of hydrogen-bond donors (Lipinski definition) is 0. The van der Waals surface area contributed by atoms with Crippen molar-refractivity contribution in [2.45, 2.75) is 45.1 Å². The summed E-state index contributed by atoms with van der Waals surface area (Å²) in [7, 11) is 0. The highest BCUT2D eigenvalue weighted by molar-refractivity contribution is 14.1. The van der Waals surface area contributed by atoms with Gasteiger partial charge in [-0.25, -0.2) is 0 Å². The van der Waals surface area contributed by atoms with E-state index < -0.39 is 0 Å². The second-order valence-corrected chi connectivity index (χ2v) is 3.65. The lowest BCUT2D eigenvalue weighted by Crippen LogP contribution is -2.18. The minimum absolute atomic E-state index is 0.559. The van der Waals surface area contributed by atoms with Crippen molar-refractivity contribution in [1.29, 1.82) is 0 Å². The van der Waals surface area contributed by atoms with Gasteiger partial charge in [-0.1, -0.05) is 13.3 Å². The number of hydrogen-bond acceptors (Lipinski definition) is 1. The zero-order chi connectivity index (χ0) is 7.40. The predicted octanol–water partition coefficient (Wildman–Crippen LogP) is 3.32. The van der Waals surface area contributed by atoms with Crippen LogP contribution in [-0.4, -0.2) is 6.10 Å². The third-order valence-electron chi connectivity index (χ3n) is 2.50. The molecule has 0 atom stereocenters. The summed E-state index contributed by atoms with van der Waals surface area (Å²) in [5.41, 5.74) is 0. The Hall–Kier alpha value is 0.690. The van der Waals surface area contributed by atoms with Crippen molar-refractivity contribution in [3.8, 4) is 0 Å². The molecule has 1 fully saturated rings. The predicted molar refractivity (Wildman–Crippen MR) is 51.1 cm³/mol. The fourth-order valence-electron chi connectivity index (χ4n) is 1.63. The van der Waals surface area contributed by atoms with Crippen LogP contribution in [0.25, 0.3) is 0 Å². The number of rotatable bonds is 2. The minimum Gasteiger partial charge on any atom is -0.312 e. The van der Waals surface area contributed by atoms with Crippen molar-refractivity contribution in [2.24, 2.45) is 5.92 Å². The van der Waals surface area contributed by atoms with Crippen LogP contribution in [0.15, 0.2) is 0 Å². The van der Waals surface area contributed by atoms with Crippen LogP contribution >= 0.6 is 23.0 Å². The summed E-state index contributed by atoms with van der Waals surface area (Å²) in [4.78, 5) is 0. The van der Waals surface area contributed by atoms with E-state index in [1.807, 2.05) is 23.0 Å². The summed E-state index contributed by atoms with van der Waals surface area (Å²) in [6.45, 7) is 2.29. The zero-order valence-electron chi connectivity index (χ0n) is 6.48.